The van der Waals surface area contributed by atoms with E-state index in [-0.39, 0.29) is 0 Å². The second kappa shape index (κ2) is 12.0. The molecule has 0 bridgehead atoms. The average molecular weight is 374 g/mol. The van der Waals surface area contributed by atoms with Crippen molar-refractivity contribution in [2.24, 2.45) is 10.9 Å². The highest BCUT2D eigenvalue weighted by Gasteiger charge is 2.17. The highest BCUT2D eigenvalue weighted by Crippen LogP contribution is 2.15. The first kappa shape index (κ1) is 21.7. The van der Waals surface area contributed by atoms with Crippen LogP contribution in [-0.4, -0.2) is 68.6 Å². The van der Waals surface area contributed by atoms with E-state index in [1.807, 2.05) is 0 Å². The zero-order chi connectivity index (χ0) is 19.5. The zero-order valence-corrected chi connectivity index (χ0v) is 17.7. The lowest BCUT2D eigenvalue weighted by molar-refractivity contribution is 0.214. The van der Waals surface area contributed by atoms with Gasteiger partial charge in [0.05, 0.1) is 0 Å². The Kier molecular flexibility index (Phi) is 9.64. The Labute approximate surface area is 166 Å². The molecule has 5 nitrogen and oxygen atoms in total. The smallest absolute Gasteiger partial charge is 0.191 e. The summed E-state index contributed by atoms with van der Waals surface area (Å²) in [6, 6.07) is 11.2. The molecular weight excluding hydrogens is 334 g/mol. The molecule has 0 spiro atoms. The number of aliphatic imine (C=N–C) groups is 1. The topological polar surface area (TPSA) is 42.9 Å². The van der Waals surface area contributed by atoms with Crippen LogP contribution in [0.3, 0.4) is 0 Å². The van der Waals surface area contributed by atoms with Gasteiger partial charge >= 0.3 is 0 Å². The molecule has 1 heterocycles. The molecule has 1 fully saturated rings. The molecule has 1 saturated heterocycles. The number of piperidine rings is 1. The van der Waals surface area contributed by atoms with Crippen molar-refractivity contribution in [1.82, 2.24) is 20.4 Å². The minimum Gasteiger partial charge on any atom is -0.357 e. The molecule has 27 heavy (non-hydrogen) atoms. The fourth-order valence-electron chi connectivity index (χ4n) is 3.63. The molecule has 1 aromatic carbocycles. The SMILES string of the molecule is CCNC(=NCC1CCCN(C)C1)NCCC(C)N(C)Cc1ccccc1. The maximum Gasteiger partial charge on any atom is 0.191 e. The van der Waals surface area contributed by atoms with Crippen LogP contribution in [0.4, 0.5) is 0 Å². The van der Waals surface area contributed by atoms with Crippen LogP contribution < -0.4 is 10.6 Å². The summed E-state index contributed by atoms with van der Waals surface area (Å²) >= 11 is 0. The first-order valence-electron chi connectivity index (χ1n) is 10.5. The van der Waals surface area contributed by atoms with Gasteiger partial charge in [0, 0.05) is 38.8 Å². The van der Waals surface area contributed by atoms with E-state index in [9.17, 15) is 0 Å². The number of hydrogen-bond donors (Lipinski definition) is 2. The molecule has 2 atom stereocenters. The molecule has 2 unspecified atom stereocenters. The lowest BCUT2D eigenvalue weighted by Gasteiger charge is -2.28. The Hall–Kier alpha value is -1.59. The molecule has 0 radical (unpaired) electrons. The third kappa shape index (κ3) is 8.31. The van der Waals surface area contributed by atoms with Crippen molar-refractivity contribution in [3.63, 3.8) is 0 Å². The van der Waals surface area contributed by atoms with Gasteiger partial charge in [0.15, 0.2) is 5.96 Å². The summed E-state index contributed by atoms with van der Waals surface area (Å²) < 4.78 is 0. The number of nitrogens with one attached hydrogen (secondary N) is 2. The predicted molar refractivity (Wildman–Crippen MR) is 116 cm³/mol. The van der Waals surface area contributed by atoms with Crippen molar-refractivity contribution in [2.45, 2.75) is 45.7 Å². The predicted octanol–water partition coefficient (Wildman–Crippen LogP) is 2.79. The number of rotatable bonds is 9. The number of guanidine groups is 1. The highest BCUT2D eigenvalue weighted by molar-refractivity contribution is 5.79. The van der Waals surface area contributed by atoms with Crippen molar-refractivity contribution in [3.8, 4) is 0 Å². The van der Waals surface area contributed by atoms with Crippen molar-refractivity contribution in [2.75, 3.05) is 46.8 Å². The maximum absolute atomic E-state index is 4.84. The van der Waals surface area contributed by atoms with E-state index >= 15 is 0 Å². The summed E-state index contributed by atoms with van der Waals surface area (Å²) in [7, 11) is 4.42. The highest BCUT2D eigenvalue weighted by atomic mass is 15.2. The monoisotopic (exact) mass is 373 g/mol. The van der Waals surface area contributed by atoms with Gasteiger partial charge in [-0.2, -0.15) is 0 Å². The van der Waals surface area contributed by atoms with E-state index in [2.05, 4.69) is 78.7 Å². The molecule has 1 aromatic rings. The van der Waals surface area contributed by atoms with Crippen LogP contribution in [0.5, 0.6) is 0 Å². The van der Waals surface area contributed by atoms with Crippen LogP contribution in [-0.2, 0) is 6.54 Å². The normalized spacial score (nSPS) is 19.9. The molecule has 0 amide bonds. The van der Waals surface area contributed by atoms with Crippen molar-refractivity contribution >= 4 is 5.96 Å². The third-order valence-electron chi connectivity index (χ3n) is 5.46. The maximum atomic E-state index is 4.84. The summed E-state index contributed by atoms with van der Waals surface area (Å²) in [6.45, 7) is 10.6. The molecule has 0 aliphatic carbocycles. The minimum absolute atomic E-state index is 0.521. The second-order valence-corrected chi connectivity index (χ2v) is 7.96. The van der Waals surface area contributed by atoms with Gasteiger partial charge in [-0.15, -0.1) is 0 Å². The van der Waals surface area contributed by atoms with Crippen LogP contribution in [0.15, 0.2) is 35.3 Å². The number of hydrogen-bond acceptors (Lipinski definition) is 3. The van der Waals surface area contributed by atoms with Crippen molar-refractivity contribution < 1.29 is 0 Å². The minimum atomic E-state index is 0.521. The Balaban J connectivity index is 1.73. The van der Waals surface area contributed by atoms with E-state index < -0.39 is 0 Å². The van der Waals surface area contributed by atoms with Crippen LogP contribution in [0, 0.1) is 5.92 Å². The van der Waals surface area contributed by atoms with Gasteiger partial charge in [-0.05, 0) is 65.2 Å². The van der Waals surface area contributed by atoms with Gasteiger partial charge in [-0.3, -0.25) is 9.89 Å². The number of benzene rings is 1. The van der Waals surface area contributed by atoms with Crippen LogP contribution in [0.2, 0.25) is 0 Å². The van der Waals surface area contributed by atoms with E-state index in [1.54, 1.807) is 0 Å². The average Bonchev–Trinajstić information content (AvgIpc) is 2.67. The summed E-state index contributed by atoms with van der Waals surface area (Å²) in [5, 5.41) is 6.91. The van der Waals surface area contributed by atoms with E-state index in [0.29, 0.717) is 12.0 Å². The standard InChI is InChI=1S/C22H39N5/c1-5-23-22(25-16-21-12-9-15-26(3)17-21)24-14-13-19(2)27(4)18-20-10-7-6-8-11-20/h6-8,10-11,19,21H,5,9,12-18H2,1-4H3,(H2,23,24,25). The van der Waals surface area contributed by atoms with Gasteiger partial charge in [0.2, 0.25) is 0 Å². The molecule has 1 aliphatic heterocycles. The summed E-state index contributed by atoms with van der Waals surface area (Å²) in [6.07, 6.45) is 3.69. The third-order valence-corrected chi connectivity index (χ3v) is 5.46. The fraction of sp³-hybridized carbons (Fsp3) is 0.682. The van der Waals surface area contributed by atoms with Crippen molar-refractivity contribution in [1.29, 1.82) is 0 Å². The van der Waals surface area contributed by atoms with E-state index in [0.717, 1.165) is 38.6 Å². The quantitative estimate of drug-likeness (QED) is 0.516. The van der Waals surface area contributed by atoms with Gasteiger partial charge < -0.3 is 15.5 Å². The van der Waals surface area contributed by atoms with Gasteiger partial charge in [-0.1, -0.05) is 30.3 Å². The summed E-state index contributed by atoms with van der Waals surface area (Å²) in [4.78, 5) is 9.68. The Bertz CT molecular complexity index is 545. The molecule has 152 valence electrons. The lowest BCUT2D eigenvalue weighted by Crippen LogP contribution is -2.41. The number of nitrogens with zero attached hydrogens (tertiary/aromatic N) is 3. The van der Waals surface area contributed by atoms with Gasteiger partial charge in [0.25, 0.3) is 0 Å². The molecular formula is C22H39N5. The molecule has 5 heteroatoms. The lowest BCUT2D eigenvalue weighted by atomic mass is 9.99. The molecule has 2 rings (SSSR count). The molecule has 2 N–H and O–H groups in total. The Morgan fingerprint density at radius 1 is 1.30 bits per heavy atom. The van der Waals surface area contributed by atoms with E-state index in [1.165, 1.54) is 31.5 Å². The summed E-state index contributed by atoms with van der Waals surface area (Å²) in [5.41, 5.74) is 1.37. The van der Waals surface area contributed by atoms with Gasteiger partial charge in [0.1, 0.15) is 0 Å². The fourth-order valence-corrected chi connectivity index (χ4v) is 3.63. The first-order chi connectivity index (χ1) is 13.1. The second-order valence-electron chi connectivity index (χ2n) is 7.96. The molecule has 0 aromatic heterocycles. The van der Waals surface area contributed by atoms with Crippen LogP contribution in [0.25, 0.3) is 0 Å². The van der Waals surface area contributed by atoms with Crippen LogP contribution >= 0.6 is 0 Å². The Morgan fingerprint density at radius 2 is 2.07 bits per heavy atom. The number of likely N-dealkylation sites (tertiary alicyclic amines) is 1. The van der Waals surface area contributed by atoms with Crippen LogP contribution in [0.1, 0.15) is 38.7 Å². The zero-order valence-electron chi connectivity index (χ0n) is 17.7. The van der Waals surface area contributed by atoms with Crippen molar-refractivity contribution in [3.05, 3.63) is 35.9 Å². The first-order valence-corrected chi connectivity index (χ1v) is 10.5. The molecule has 1 aliphatic rings. The largest absolute Gasteiger partial charge is 0.357 e. The Morgan fingerprint density at radius 3 is 2.78 bits per heavy atom. The van der Waals surface area contributed by atoms with E-state index in [4.69, 9.17) is 4.99 Å². The summed E-state index contributed by atoms with van der Waals surface area (Å²) in [5.74, 6) is 1.65. The molecule has 0 saturated carbocycles. The van der Waals surface area contributed by atoms with Gasteiger partial charge in [-0.25, -0.2) is 0 Å².